The lowest BCUT2D eigenvalue weighted by molar-refractivity contribution is -0.133. The summed E-state index contributed by atoms with van der Waals surface area (Å²) in [4.78, 5) is 25.7. The molecule has 0 aliphatic carbocycles. The number of fused-ring (bicyclic) bond motifs is 1. The van der Waals surface area contributed by atoms with E-state index >= 15 is 0 Å². The molecular weight excluding hydrogens is 328 g/mol. The topological polar surface area (TPSA) is 58.6 Å². The Bertz CT molecular complexity index is 579. The van der Waals surface area contributed by atoms with Crippen molar-refractivity contribution in [2.24, 2.45) is 11.8 Å². The molecule has 0 bridgehead atoms. The minimum absolute atomic E-state index is 0. The number of carbonyl (C=O) groups excluding carboxylic acids is 2. The lowest BCUT2D eigenvalue weighted by Crippen LogP contribution is -2.36. The van der Waals surface area contributed by atoms with Crippen LogP contribution in [0.2, 0.25) is 0 Å². The lowest BCUT2D eigenvalue weighted by Gasteiger charge is -2.21. The van der Waals surface area contributed by atoms with Crippen molar-refractivity contribution >= 4 is 24.1 Å². The number of likely N-dealkylation sites (tertiary alicyclic amines) is 1. The first-order chi connectivity index (χ1) is 11.1. The summed E-state index contributed by atoms with van der Waals surface area (Å²) in [7, 11) is 0. The highest BCUT2D eigenvalue weighted by Crippen LogP contribution is 2.27. The Hall–Kier alpha value is -1.59. The van der Waals surface area contributed by atoms with Crippen molar-refractivity contribution in [3.05, 3.63) is 29.8 Å². The van der Waals surface area contributed by atoms with E-state index in [0.717, 1.165) is 39.0 Å². The third kappa shape index (κ3) is 4.48. The van der Waals surface area contributed by atoms with Crippen molar-refractivity contribution in [2.45, 2.75) is 19.8 Å². The van der Waals surface area contributed by atoms with E-state index in [1.54, 1.807) is 24.3 Å². The van der Waals surface area contributed by atoms with Crippen LogP contribution in [0.4, 0.5) is 0 Å². The zero-order chi connectivity index (χ0) is 16.2. The predicted octanol–water partition coefficient (Wildman–Crippen LogP) is 2.15. The highest BCUT2D eigenvalue weighted by molar-refractivity contribution is 5.94. The number of nitrogens with one attached hydrogen (secondary N) is 1. The van der Waals surface area contributed by atoms with Crippen molar-refractivity contribution in [1.82, 2.24) is 10.2 Å². The lowest BCUT2D eigenvalue weighted by atomic mass is 9.92. The van der Waals surface area contributed by atoms with E-state index in [9.17, 15) is 9.59 Å². The van der Waals surface area contributed by atoms with Gasteiger partial charge in [0.15, 0.2) is 12.4 Å². The summed E-state index contributed by atoms with van der Waals surface area (Å²) in [5.74, 6) is 2.02. The van der Waals surface area contributed by atoms with Gasteiger partial charge in [0.05, 0.1) is 0 Å². The molecule has 132 valence electrons. The number of nitrogens with zero attached hydrogens (tertiary/aromatic N) is 1. The molecule has 1 N–H and O–H groups in total. The molecular formula is C18H25ClN2O3. The standard InChI is InChI=1S/C18H24N2O3.ClH/c1-13(21)14-3-2-4-17(9-14)23-12-18(22)20-7-5-15-10-19-11-16(15)6-8-20;/h2-4,9,15-16,19H,5-8,10-12H2,1H3;1H/t15-,16+;. The molecule has 2 aliphatic heterocycles. The van der Waals surface area contributed by atoms with Gasteiger partial charge in [-0.3, -0.25) is 9.59 Å². The number of amides is 1. The third-order valence-electron chi connectivity index (χ3n) is 4.97. The van der Waals surface area contributed by atoms with E-state index in [0.29, 0.717) is 23.1 Å². The van der Waals surface area contributed by atoms with Gasteiger partial charge in [-0.15, -0.1) is 12.4 Å². The number of halogens is 1. The largest absolute Gasteiger partial charge is 0.484 e. The van der Waals surface area contributed by atoms with Gasteiger partial charge >= 0.3 is 0 Å². The maximum Gasteiger partial charge on any atom is 0.260 e. The van der Waals surface area contributed by atoms with Gasteiger partial charge in [0.25, 0.3) is 5.91 Å². The second kappa shape index (κ2) is 8.49. The molecule has 2 aliphatic rings. The summed E-state index contributed by atoms with van der Waals surface area (Å²) < 4.78 is 5.59. The summed E-state index contributed by atoms with van der Waals surface area (Å²) in [6, 6.07) is 6.99. The summed E-state index contributed by atoms with van der Waals surface area (Å²) in [6.45, 7) is 5.36. The quantitative estimate of drug-likeness (QED) is 0.843. The number of benzene rings is 1. The summed E-state index contributed by atoms with van der Waals surface area (Å²) in [6.07, 6.45) is 2.15. The molecule has 2 heterocycles. The van der Waals surface area contributed by atoms with Crippen LogP contribution in [0, 0.1) is 11.8 Å². The molecule has 0 radical (unpaired) electrons. The second-order valence-electron chi connectivity index (χ2n) is 6.51. The molecule has 2 fully saturated rings. The number of ketones is 1. The maximum atomic E-state index is 12.4. The Morgan fingerprint density at radius 1 is 1.21 bits per heavy atom. The summed E-state index contributed by atoms with van der Waals surface area (Å²) >= 11 is 0. The van der Waals surface area contributed by atoms with Crippen LogP contribution >= 0.6 is 12.4 Å². The molecule has 0 saturated carbocycles. The molecule has 1 aromatic rings. The van der Waals surface area contributed by atoms with Crippen LogP contribution in [0.5, 0.6) is 5.75 Å². The van der Waals surface area contributed by atoms with Gasteiger partial charge < -0.3 is 15.0 Å². The second-order valence-corrected chi connectivity index (χ2v) is 6.51. The minimum Gasteiger partial charge on any atom is -0.484 e. The number of Topliss-reactive ketones (excluding diaryl/α,β-unsaturated/α-hetero) is 1. The third-order valence-corrected chi connectivity index (χ3v) is 4.97. The highest BCUT2D eigenvalue weighted by atomic mass is 35.5. The first kappa shape index (κ1) is 18.7. The molecule has 2 atom stereocenters. The van der Waals surface area contributed by atoms with Gasteiger partial charge in [-0.05, 0) is 56.8 Å². The first-order valence-corrected chi connectivity index (χ1v) is 8.36. The molecule has 5 nitrogen and oxygen atoms in total. The fourth-order valence-electron chi connectivity index (χ4n) is 3.51. The Labute approximate surface area is 149 Å². The van der Waals surface area contributed by atoms with Crippen molar-refractivity contribution in [2.75, 3.05) is 32.8 Å². The van der Waals surface area contributed by atoms with Crippen LogP contribution < -0.4 is 10.1 Å². The predicted molar refractivity (Wildman–Crippen MR) is 94.9 cm³/mol. The molecule has 24 heavy (non-hydrogen) atoms. The number of hydrogen-bond acceptors (Lipinski definition) is 4. The van der Waals surface area contributed by atoms with E-state index < -0.39 is 0 Å². The molecule has 6 heteroatoms. The molecule has 0 aromatic heterocycles. The Balaban J connectivity index is 0.00000208. The van der Waals surface area contributed by atoms with Crippen LogP contribution in [-0.4, -0.2) is 49.4 Å². The Morgan fingerprint density at radius 3 is 2.50 bits per heavy atom. The smallest absolute Gasteiger partial charge is 0.260 e. The van der Waals surface area contributed by atoms with E-state index in [2.05, 4.69) is 5.32 Å². The van der Waals surface area contributed by atoms with Gasteiger partial charge in [-0.2, -0.15) is 0 Å². The first-order valence-electron chi connectivity index (χ1n) is 8.36. The molecule has 1 aromatic carbocycles. The van der Waals surface area contributed by atoms with Crippen molar-refractivity contribution in [1.29, 1.82) is 0 Å². The number of ether oxygens (including phenoxy) is 1. The van der Waals surface area contributed by atoms with E-state index in [4.69, 9.17) is 4.74 Å². The Kier molecular flexibility index (Phi) is 6.63. The van der Waals surface area contributed by atoms with Crippen LogP contribution in [0.1, 0.15) is 30.1 Å². The van der Waals surface area contributed by atoms with E-state index in [-0.39, 0.29) is 30.7 Å². The summed E-state index contributed by atoms with van der Waals surface area (Å²) in [5, 5.41) is 3.44. The van der Waals surface area contributed by atoms with E-state index in [1.165, 1.54) is 6.92 Å². The minimum atomic E-state index is -0.00514. The molecule has 1 amide bonds. The molecule has 2 saturated heterocycles. The highest BCUT2D eigenvalue weighted by Gasteiger charge is 2.31. The van der Waals surface area contributed by atoms with Gasteiger partial charge in [0.1, 0.15) is 5.75 Å². The normalized spacial score (nSPS) is 23.0. The number of carbonyl (C=O) groups is 2. The van der Waals surface area contributed by atoms with Crippen LogP contribution in [0.25, 0.3) is 0 Å². The van der Waals surface area contributed by atoms with E-state index in [1.807, 2.05) is 4.90 Å². The zero-order valence-electron chi connectivity index (χ0n) is 14.0. The van der Waals surface area contributed by atoms with Gasteiger partial charge in [-0.25, -0.2) is 0 Å². The van der Waals surface area contributed by atoms with Crippen LogP contribution in [-0.2, 0) is 4.79 Å². The average Bonchev–Trinajstić information content (AvgIpc) is 2.91. The van der Waals surface area contributed by atoms with Crippen LogP contribution in [0.15, 0.2) is 24.3 Å². The molecule has 0 unspecified atom stereocenters. The average molecular weight is 353 g/mol. The van der Waals surface area contributed by atoms with Crippen molar-refractivity contribution in [3.63, 3.8) is 0 Å². The van der Waals surface area contributed by atoms with Crippen molar-refractivity contribution in [3.8, 4) is 5.75 Å². The zero-order valence-corrected chi connectivity index (χ0v) is 14.8. The monoisotopic (exact) mass is 352 g/mol. The molecule has 0 spiro atoms. The van der Waals surface area contributed by atoms with Crippen molar-refractivity contribution < 1.29 is 14.3 Å². The number of hydrogen-bond donors (Lipinski definition) is 1. The summed E-state index contributed by atoms with van der Waals surface area (Å²) in [5.41, 5.74) is 0.602. The fraction of sp³-hybridized carbons (Fsp3) is 0.556. The fourth-order valence-corrected chi connectivity index (χ4v) is 3.51. The number of rotatable bonds is 4. The van der Waals surface area contributed by atoms with Crippen LogP contribution in [0.3, 0.4) is 0 Å². The van der Waals surface area contributed by atoms with Gasteiger partial charge in [0, 0.05) is 18.7 Å². The molecule has 3 rings (SSSR count). The SMILES string of the molecule is CC(=O)c1cccc(OCC(=O)N2CC[C@@H]3CNC[C@@H]3CC2)c1.Cl. The van der Waals surface area contributed by atoms with Gasteiger partial charge in [0.2, 0.25) is 0 Å². The Morgan fingerprint density at radius 2 is 1.88 bits per heavy atom. The van der Waals surface area contributed by atoms with Gasteiger partial charge in [-0.1, -0.05) is 12.1 Å². The maximum absolute atomic E-state index is 12.4.